The first-order valence-electron chi connectivity index (χ1n) is 9.53. The monoisotopic (exact) mass is 375 g/mol. The molecule has 0 aliphatic carbocycles. The minimum Gasteiger partial charge on any atom is -0.423 e. The van der Waals surface area contributed by atoms with Crippen LogP contribution in [0.2, 0.25) is 0 Å². The average Bonchev–Trinajstić information content (AvgIpc) is 3.19. The van der Waals surface area contributed by atoms with Crippen LogP contribution in [0.5, 0.6) is 5.75 Å². The van der Waals surface area contributed by atoms with Crippen LogP contribution >= 0.6 is 0 Å². The molecule has 0 radical (unpaired) electrons. The summed E-state index contributed by atoms with van der Waals surface area (Å²) in [6, 6.07) is 16.0. The quantitative estimate of drug-likeness (QED) is 0.441. The number of rotatable bonds is 4. The molecular formula is C24H25NO3. The van der Waals surface area contributed by atoms with E-state index in [1.165, 1.54) is 11.3 Å². The van der Waals surface area contributed by atoms with Gasteiger partial charge in [-0.1, -0.05) is 56.8 Å². The maximum atomic E-state index is 11.6. The summed E-state index contributed by atoms with van der Waals surface area (Å²) in [5, 5.41) is 0. The zero-order chi connectivity index (χ0) is 19.9. The Bertz CT molecular complexity index is 958. The number of anilines is 1. The van der Waals surface area contributed by atoms with Gasteiger partial charge in [-0.3, -0.25) is 0 Å². The molecule has 0 bridgehead atoms. The van der Waals surface area contributed by atoms with Gasteiger partial charge < -0.3 is 14.4 Å². The van der Waals surface area contributed by atoms with E-state index in [2.05, 4.69) is 61.7 Å². The van der Waals surface area contributed by atoms with Crippen LogP contribution in [-0.4, -0.2) is 24.8 Å². The maximum absolute atomic E-state index is 11.6. The van der Waals surface area contributed by atoms with Gasteiger partial charge in [0.2, 0.25) is 0 Å². The standard InChI is InChI=1S/C24H25NO3/c1-17(2)22(26)28-19-11-9-18(10-12-19)13-14-24-23(3,4)20-7-5-6-8-21(20)25(24)15-16-27-24/h5-14H,1,15-16H2,2-4H3. The number of nitrogens with zero attached hydrogens (tertiary/aromatic N) is 1. The van der Waals surface area contributed by atoms with E-state index in [9.17, 15) is 4.79 Å². The molecule has 4 rings (SSSR count). The molecule has 2 heterocycles. The molecule has 2 aromatic carbocycles. The summed E-state index contributed by atoms with van der Waals surface area (Å²) >= 11 is 0. The van der Waals surface area contributed by atoms with Gasteiger partial charge in [0.25, 0.3) is 0 Å². The number of benzene rings is 2. The van der Waals surface area contributed by atoms with Crippen LogP contribution in [0.15, 0.2) is 66.8 Å². The van der Waals surface area contributed by atoms with E-state index in [4.69, 9.17) is 9.47 Å². The van der Waals surface area contributed by atoms with Gasteiger partial charge in [0, 0.05) is 23.2 Å². The number of ether oxygens (including phenoxy) is 2. The van der Waals surface area contributed by atoms with E-state index in [1.807, 2.05) is 12.1 Å². The lowest BCUT2D eigenvalue weighted by atomic mass is 9.77. The number of fused-ring (bicyclic) bond motifs is 3. The largest absolute Gasteiger partial charge is 0.423 e. The summed E-state index contributed by atoms with van der Waals surface area (Å²) in [6.45, 7) is 11.3. The fourth-order valence-electron chi connectivity index (χ4n) is 4.18. The highest BCUT2D eigenvalue weighted by molar-refractivity contribution is 5.88. The average molecular weight is 375 g/mol. The highest BCUT2D eigenvalue weighted by atomic mass is 16.5. The Labute approximate surface area is 166 Å². The SMILES string of the molecule is C=C(C)C(=O)Oc1ccc(C=CC23OCCN2c2ccccc2C3(C)C)cc1. The van der Waals surface area contributed by atoms with Gasteiger partial charge in [-0.05, 0) is 42.3 Å². The third-order valence-corrected chi connectivity index (χ3v) is 5.74. The second-order valence-electron chi connectivity index (χ2n) is 7.91. The predicted molar refractivity (Wildman–Crippen MR) is 111 cm³/mol. The van der Waals surface area contributed by atoms with Crippen molar-refractivity contribution in [3.8, 4) is 5.75 Å². The number of hydrogen-bond donors (Lipinski definition) is 0. The molecule has 1 fully saturated rings. The lowest BCUT2D eigenvalue weighted by molar-refractivity contribution is -0.130. The van der Waals surface area contributed by atoms with Crippen LogP contribution in [0.3, 0.4) is 0 Å². The Hall–Kier alpha value is -2.85. The number of carbonyl (C=O) groups is 1. The fourth-order valence-corrected chi connectivity index (χ4v) is 4.18. The molecule has 0 spiro atoms. The van der Waals surface area contributed by atoms with Gasteiger partial charge >= 0.3 is 5.97 Å². The van der Waals surface area contributed by atoms with Crippen LogP contribution in [-0.2, 0) is 14.9 Å². The van der Waals surface area contributed by atoms with E-state index < -0.39 is 11.7 Å². The molecule has 2 aromatic rings. The smallest absolute Gasteiger partial charge is 0.338 e. The number of para-hydroxylation sites is 1. The van der Waals surface area contributed by atoms with E-state index in [-0.39, 0.29) is 5.41 Å². The third-order valence-electron chi connectivity index (χ3n) is 5.74. The first-order chi connectivity index (χ1) is 13.3. The Kier molecular flexibility index (Phi) is 4.39. The summed E-state index contributed by atoms with van der Waals surface area (Å²) in [5.74, 6) is 0.0957. The Morgan fingerprint density at radius 3 is 2.61 bits per heavy atom. The first-order valence-corrected chi connectivity index (χ1v) is 9.53. The van der Waals surface area contributed by atoms with Gasteiger partial charge in [-0.25, -0.2) is 4.79 Å². The van der Waals surface area contributed by atoms with Crippen molar-refractivity contribution >= 4 is 17.7 Å². The molecule has 0 aromatic heterocycles. The van der Waals surface area contributed by atoms with Gasteiger partial charge in [0.05, 0.1) is 6.61 Å². The van der Waals surface area contributed by atoms with E-state index >= 15 is 0 Å². The minimum atomic E-state index is -0.498. The Morgan fingerprint density at radius 2 is 1.89 bits per heavy atom. The molecule has 4 nitrogen and oxygen atoms in total. The van der Waals surface area contributed by atoms with Crippen LogP contribution in [0.1, 0.15) is 31.9 Å². The van der Waals surface area contributed by atoms with E-state index in [0.29, 0.717) is 17.9 Å². The van der Waals surface area contributed by atoms with Gasteiger partial charge in [0.15, 0.2) is 5.72 Å². The predicted octanol–water partition coefficient (Wildman–Crippen LogP) is 4.71. The number of esters is 1. The van der Waals surface area contributed by atoms with Gasteiger partial charge in [0.1, 0.15) is 5.75 Å². The van der Waals surface area contributed by atoms with Crippen molar-refractivity contribution in [3.63, 3.8) is 0 Å². The van der Waals surface area contributed by atoms with Crippen LogP contribution in [0.25, 0.3) is 6.08 Å². The van der Waals surface area contributed by atoms with Crippen LogP contribution in [0, 0.1) is 0 Å². The molecule has 144 valence electrons. The lowest BCUT2D eigenvalue weighted by Gasteiger charge is -2.39. The van der Waals surface area contributed by atoms with Crippen molar-refractivity contribution in [1.82, 2.24) is 0 Å². The normalized spacial score (nSPS) is 22.2. The Morgan fingerprint density at radius 1 is 1.18 bits per heavy atom. The molecule has 0 saturated carbocycles. The van der Waals surface area contributed by atoms with Crippen molar-refractivity contribution in [2.24, 2.45) is 0 Å². The molecule has 28 heavy (non-hydrogen) atoms. The molecule has 0 amide bonds. The van der Waals surface area contributed by atoms with Crippen molar-refractivity contribution in [2.45, 2.75) is 31.9 Å². The summed E-state index contributed by atoms with van der Waals surface area (Å²) < 4.78 is 11.6. The zero-order valence-corrected chi connectivity index (χ0v) is 16.6. The van der Waals surface area contributed by atoms with Gasteiger partial charge in [-0.2, -0.15) is 0 Å². The van der Waals surface area contributed by atoms with Crippen LogP contribution < -0.4 is 9.64 Å². The molecule has 1 saturated heterocycles. The number of hydrogen-bond acceptors (Lipinski definition) is 4. The molecule has 1 unspecified atom stereocenters. The van der Waals surface area contributed by atoms with Crippen molar-refractivity contribution in [3.05, 3.63) is 77.9 Å². The minimum absolute atomic E-state index is 0.173. The zero-order valence-electron chi connectivity index (χ0n) is 16.6. The number of carbonyl (C=O) groups excluding carboxylic acids is 1. The topological polar surface area (TPSA) is 38.8 Å². The maximum Gasteiger partial charge on any atom is 0.338 e. The molecular weight excluding hydrogens is 350 g/mol. The molecule has 4 heteroatoms. The van der Waals surface area contributed by atoms with E-state index in [0.717, 1.165) is 12.1 Å². The second-order valence-corrected chi connectivity index (χ2v) is 7.91. The fraction of sp³-hybridized carbons (Fsp3) is 0.292. The van der Waals surface area contributed by atoms with Crippen molar-refractivity contribution in [1.29, 1.82) is 0 Å². The molecule has 2 aliphatic rings. The molecule has 2 aliphatic heterocycles. The van der Waals surface area contributed by atoms with Crippen molar-refractivity contribution in [2.75, 3.05) is 18.1 Å². The summed E-state index contributed by atoms with van der Waals surface area (Å²) in [4.78, 5) is 14.0. The highest BCUT2D eigenvalue weighted by Gasteiger charge is 2.58. The highest BCUT2D eigenvalue weighted by Crippen LogP contribution is 2.54. The molecule has 0 N–H and O–H groups in total. The Balaban J connectivity index is 1.61. The second kappa shape index (κ2) is 6.64. The summed E-state index contributed by atoms with van der Waals surface area (Å²) in [7, 11) is 0. The van der Waals surface area contributed by atoms with Crippen molar-refractivity contribution < 1.29 is 14.3 Å². The first kappa shape index (κ1) is 18.5. The van der Waals surface area contributed by atoms with Crippen LogP contribution in [0.4, 0.5) is 5.69 Å². The lowest BCUT2D eigenvalue weighted by Crippen LogP contribution is -2.51. The summed E-state index contributed by atoms with van der Waals surface area (Å²) in [5.41, 5.74) is 3.28. The third kappa shape index (κ3) is 2.76. The van der Waals surface area contributed by atoms with Gasteiger partial charge in [-0.15, -0.1) is 0 Å². The van der Waals surface area contributed by atoms with E-state index in [1.54, 1.807) is 19.1 Å². The summed E-state index contributed by atoms with van der Waals surface area (Å²) in [6.07, 6.45) is 4.24. The molecule has 1 atom stereocenters.